The number of hydrogen-bond acceptors (Lipinski definition) is 10. The molecule has 2 aromatic carbocycles. The first-order valence-electron chi connectivity index (χ1n) is 17.6. The highest BCUT2D eigenvalue weighted by Crippen LogP contribution is 2.23. The molecule has 0 spiro atoms. The van der Waals surface area contributed by atoms with E-state index in [0.717, 1.165) is 51.4 Å². The molecule has 11 nitrogen and oxygen atoms in total. The number of esters is 2. The van der Waals surface area contributed by atoms with Crippen LogP contribution in [0.5, 0.6) is 0 Å². The molecule has 11 heteroatoms. The number of unbranched alkanes of at least 4 members (excludes halogenated alkanes) is 2. The van der Waals surface area contributed by atoms with Crippen molar-refractivity contribution in [1.82, 2.24) is 15.0 Å². The molecule has 0 aliphatic heterocycles. The number of anilines is 5. The van der Waals surface area contributed by atoms with Gasteiger partial charge in [0.2, 0.25) is 23.8 Å². The van der Waals surface area contributed by atoms with Gasteiger partial charge in [0.25, 0.3) is 0 Å². The summed E-state index contributed by atoms with van der Waals surface area (Å²) in [4.78, 5) is 51.4. The highest BCUT2D eigenvalue weighted by Gasteiger charge is 2.23. The number of hydrogen-bond donors (Lipinski definition) is 3. The molecule has 0 aliphatic rings. The Bertz CT molecular complexity index is 1390. The lowest BCUT2D eigenvalue weighted by Gasteiger charge is -2.17. The average molecular weight is 675 g/mol. The Morgan fingerprint density at radius 1 is 0.633 bits per heavy atom. The van der Waals surface area contributed by atoms with Gasteiger partial charge in [0.05, 0.1) is 24.3 Å². The first-order chi connectivity index (χ1) is 23.4. The molecule has 0 aliphatic carbocycles. The predicted octanol–water partition coefficient (Wildman–Crippen LogP) is 9.09. The summed E-state index contributed by atoms with van der Waals surface area (Å²) in [5, 5.41) is 9.02. The van der Waals surface area contributed by atoms with Crippen LogP contribution < -0.4 is 16.0 Å². The summed E-state index contributed by atoms with van der Waals surface area (Å²) >= 11 is 0. The van der Waals surface area contributed by atoms with Crippen LogP contribution in [0.2, 0.25) is 0 Å². The van der Waals surface area contributed by atoms with E-state index in [1.165, 1.54) is 0 Å². The second-order valence-electron chi connectivity index (χ2n) is 13.4. The maximum absolute atomic E-state index is 12.8. The van der Waals surface area contributed by atoms with Crippen LogP contribution in [0.15, 0.2) is 48.5 Å². The maximum atomic E-state index is 12.8. The standard InChI is InChI=1S/C38H54N6O5/c1-8-12-14-26(10-3)24-48-32(45)28-16-20-30(21-17-28)39-35-42-36(44-37(43-35)41-34(47)38(5,6)7)40-31-22-18-29(19-23-31)33(46)49-25-27(11-4)15-13-9-2/h16-23,26-27H,8-15,24-25H2,1-7H3,(H3,39,40,41,42,43,44,47). The van der Waals surface area contributed by atoms with Crippen molar-refractivity contribution in [2.24, 2.45) is 17.3 Å². The van der Waals surface area contributed by atoms with Gasteiger partial charge in [-0.2, -0.15) is 15.0 Å². The smallest absolute Gasteiger partial charge is 0.338 e. The van der Waals surface area contributed by atoms with E-state index in [-0.39, 0.29) is 35.7 Å². The molecule has 0 fully saturated rings. The van der Waals surface area contributed by atoms with Gasteiger partial charge in [0.1, 0.15) is 0 Å². The first-order valence-corrected chi connectivity index (χ1v) is 17.6. The van der Waals surface area contributed by atoms with Crippen molar-refractivity contribution < 1.29 is 23.9 Å². The normalized spacial score (nSPS) is 12.5. The van der Waals surface area contributed by atoms with Gasteiger partial charge in [-0.25, -0.2) is 9.59 Å². The van der Waals surface area contributed by atoms with Crippen LogP contribution in [0.4, 0.5) is 29.2 Å². The lowest BCUT2D eigenvalue weighted by Crippen LogP contribution is -2.28. The van der Waals surface area contributed by atoms with Gasteiger partial charge >= 0.3 is 11.9 Å². The fraction of sp³-hybridized carbons (Fsp3) is 0.526. The van der Waals surface area contributed by atoms with E-state index < -0.39 is 5.41 Å². The number of benzene rings is 2. The first kappa shape index (κ1) is 38.9. The lowest BCUT2D eigenvalue weighted by atomic mass is 9.96. The summed E-state index contributed by atoms with van der Waals surface area (Å²) in [6.07, 6.45) is 8.50. The van der Waals surface area contributed by atoms with Gasteiger partial charge in [-0.1, -0.05) is 87.0 Å². The van der Waals surface area contributed by atoms with Crippen LogP contribution in [-0.4, -0.2) is 46.0 Å². The third kappa shape index (κ3) is 13.1. The summed E-state index contributed by atoms with van der Waals surface area (Å²) in [5.41, 5.74) is 1.46. The van der Waals surface area contributed by atoms with Crippen LogP contribution in [0.25, 0.3) is 0 Å². The summed E-state index contributed by atoms with van der Waals surface area (Å²) in [7, 11) is 0. The average Bonchev–Trinajstić information content (AvgIpc) is 3.08. The predicted molar refractivity (Wildman–Crippen MR) is 195 cm³/mol. The molecular weight excluding hydrogens is 620 g/mol. The van der Waals surface area contributed by atoms with Crippen LogP contribution in [0.1, 0.15) is 121 Å². The van der Waals surface area contributed by atoms with Crippen molar-refractivity contribution in [1.29, 1.82) is 0 Å². The summed E-state index contributed by atoms with van der Waals surface area (Å²) in [6.45, 7) is 14.7. The maximum Gasteiger partial charge on any atom is 0.338 e. The minimum Gasteiger partial charge on any atom is -0.462 e. The van der Waals surface area contributed by atoms with Gasteiger partial charge in [0, 0.05) is 16.8 Å². The molecule has 266 valence electrons. The number of rotatable bonds is 19. The molecular formula is C38H54N6O5. The van der Waals surface area contributed by atoms with E-state index in [1.807, 2.05) is 0 Å². The van der Waals surface area contributed by atoms with Crippen LogP contribution >= 0.6 is 0 Å². The molecule has 3 aromatic rings. The molecule has 2 unspecified atom stereocenters. The SMILES string of the molecule is CCCCC(CC)COC(=O)c1ccc(Nc2nc(NC(=O)C(C)(C)C)nc(Nc3ccc(C(=O)OCC(CC)CCCC)cc3)n2)cc1. The monoisotopic (exact) mass is 674 g/mol. The Labute approximate surface area is 291 Å². The molecule has 2 atom stereocenters. The molecule has 49 heavy (non-hydrogen) atoms. The lowest BCUT2D eigenvalue weighted by molar-refractivity contribution is -0.123. The van der Waals surface area contributed by atoms with Crippen molar-refractivity contribution in [3.8, 4) is 0 Å². The molecule has 0 bridgehead atoms. The number of nitrogens with one attached hydrogen (secondary N) is 3. The largest absolute Gasteiger partial charge is 0.462 e. The van der Waals surface area contributed by atoms with E-state index in [0.29, 0.717) is 47.6 Å². The zero-order chi connectivity index (χ0) is 35.8. The Kier molecular flexibility index (Phi) is 15.4. The zero-order valence-corrected chi connectivity index (χ0v) is 30.2. The van der Waals surface area contributed by atoms with Crippen LogP contribution in [0, 0.1) is 17.3 Å². The summed E-state index contributed by atoms with van der Waals surface area (Å²) < 4.78 is 11.2. The second-order valence-corrected chi connectivity index (χ2v) is 13.4. The molecule has 1 amide bonds. The molecule has 1 aromatic heterocycles. The highest BCUT2D eigenvalue weighted by molar-refractivity contribution is 5.93. The minimum absolute atomic E-state index is 0.0578. The highest BCUT2D eigenvalue weighted by atomic mass is 16.5. The Morgan fingerprint density at radius 3 is 1.37 bits per heavy atom. The van der Waals surface area contributed by atoms with Gasteiger partial charge in [0.15, 0.2) is 0 Å². The Morgan fingerprint density at radius 2 is 1.02 bits per heavy atom. The minimum atomic E-state index is -0.678. The number of carbonyl (C=O) groups is 3. The van der Waals surface area contributed by atoms with E-state index in [1.54, 1.807) is 69.3 Å². The molecule has 3 N–H and O–H groups in total. The number of nitrogens with zero attached hydrogens (tertiary/aromatic N) is 3. The zero-order valence-electron chi connectivity index (χ0n) is 30.2. The third-order valence-corrected chi connectivity index (χ3v) is 8.28. The van der Waals surface area contributed by atoms with Gasteiger partial charge in [-0.3, -0.25) is 10.1 Å². The van der Waals surface area contributed by atoms with E-state index in [9.17, 15) is 14.4 Å². The van der Waals surface area contributed by atoms with Crippen LogP contribution in [-0.2, 0) is 14.3 Å². The van der Waals surface area contributed by atoms with Gasteiger partial charge in [-0.05, 0) is 73.2 Å². The van der Waals surface area contributed by atoms with Crippen molar-refractivity contribution in [3.63, 3.8) is 0 Å². The molecule has 0 saturated carbocycles. The summed E-state index contributed by atoms with van der Waals surface area (Å²) in [5.74, 6) is 0.132. The molecule has 3 rings (SSSR count). The molecule has 1 heterocycles. The van der Waals surface area contributed by atoms with Gasteiger partial charge < -0.3 is 20.1 Å². The fourth-order valence-electron chi connectivity index (χ4n) is 4.82. The Balaban J connectivity index is 1.72. The number of amides is 1. The van der Waals surface area contributed by atoms with Crippen molar-refractivity contribution in [2.45, 2.75) is 99.8 Å². The van der Waals surface area contributed by atoms with Crippen molar-refractivity contribution in [3.05, 3.63) is 59.7 Å². The number of ether oxygens (including phenoxy) is 2. The second kappa shape index (κ2) is 19.5. The Hall–Kier alpha value is -4.54. The number of carbonyl (C=O) groups excluding carboxylic acids is 3. The van der Waals surface area contributed by atoms with Crippen LogP contribution in [0.3, 0.4) is 0 Å². The topological polar surface area (TPSA) is 144 Å². The van der Waals surface area contributed by atoms with E-state index in [2.05, 4.69) is 58.6 Å². The van der Waals surface area contributed by atoms with Crippen molar-refractivity contribution in [2.75, 3.05) is 29.2 Å². The third-order valence-electron chi connectivity index (χ3n) is 8.28. The number of aromatic nitrogens is 3. The van der Waals surface area contributed by atoms with Gasteiger partial charge in [-0.15, -0.1) is 0 Å². The van der Waals surface area contributed by atoms with E-state index >= 15 is 0 Å². The quantitative estimate of drug-likeness (QED) is 0.105. The molecule has 0 radical (unpaired) electrons. The summed E-state index contributed by atoms with van der Waals surface area (Å²) in [6, 6.07) is 13.7. The fourth-order valence-corrected chi connectivity index (χ4v) is 4.82. The van der Waals surface area contributed by atoms with Crippen molar-refractivity contribution >= 4 is 47.1 Å². The van der Waals surface area contributed by atoms with E-state index in [4.69, 9.17) is 9.47 Å². The molecule has 0 saturated heterocycles.